The van der Waals surface area contributed by atoms with Crippen LogP contribution in [0.1, 0.15) is 37.3 Å². The fraction of sp³-hybridized carbons (Fsp3) is 0.240. The monoisotopic (exact) mass is 416 g/mol. The van der Waals surface area contributed by atoms with Gasteiger partial charge in [-0.15, -0.1) is 0 Å². The first-order chi connectivity index (χ1) is 15.2. The van der Waals surface area contributed by atoms with Gasteiger partial charge in [-0.3, -0.25) is 4.79 Å². The number of aryl methyl sites for hydroxylation is 1. The number of oxime groups is 1. The zero-order valence-corrected chi connectivity index (χ0v) is 17.4. The second-order valence-corrected chi connectivity index (χ2v) is 7.36. The van der Waals surface area contributed by atoms with E-state index >= 15 is 0 Å². The highest BCUT2D eigenvalue weighted by molar-refractivity contribution is 6.31. The van der Waals surface area contributed by atoms with Crippen molar-refractivity contribution in [2.24, 2.45) is 5.16 Å². The zero-order valence-electron chi connectivity index (χ0n) is 17.4. The van der Waals surface area contributed by atoms with Crippen LogP contribution in [0.15, 0.2) is 71.5 Å². The Morgan fingerprint density at radius 1 is 1.13 bits per heavy atom. The van der Waals surface area contributed by atoms with Gasteiger partial charge >= 0.3 is 11.9 Å². The van der Waals surface area contributed by atoms with E-state index < -0.39 is 5.97 Å². The molecule has 0 fully saturated rings. The third-order valence-electron chi connectivity index (χ3n) is 5.18. The van der Waals surface area contributed by atoms with Crippen molar-refractivity contribution in [3.05, 3.63) is 77.5 Å². The van der Waals surface area contributed by atoms with Gasteiger partial charge in [-0.25, -0.2) is 4.79 Å². The molecule has 6 nitrogen and oxygen atoms in total. The Balaban J connectivity index is 1.62. The highest BCUT2D eigenvalue weighted by atomic mass is 16.7. The lowest BCUT2D eigenvalue weighted by atomic mass is 10.0. The van der Waals surface area contributed by atoms with Crippen molar-refractivity contribution in [3.8, 4) is 0 Å². The van der Waals surface area contributed by atoms with Gasteiger partial charge in [-0.05, 0) is 18.6 Å². The van der Waals surface area contributed by atoms with Crippen molar-refractivity contribution in [3.63, 3.8) is 0 Å². The summed E-state index contributed by atoms with van der Waals surface area (Å²) in [5.41, 5.74) is 3.60. The van der Waals surface area contributed by atoms with Crippen molar-refractivity contribution in [1.82, 2.24) is 4.57 Å². The summed E-state index contributed by atoms with van der Waals surface area (Å²) in [5.74, 6) is -0.681. The maximum absolute atomic E-state index is 12.4. The first-order valence-corrected chi connectivity index (χ1v) is 10.5. The molecule has 158 valence electrons. The number of hydrogen-bond acceptors (Lipinski definition) is 5. The van der Waals surface area contributed by atoms with Crippen LogP contribution in [0.4, 0.5) is 0 Å². The second-order valence-electron chi connectivity index (χ2n) is 7.36. The predicted molar refractivity (Wildman–Crippen MR) is 119 cm³/mol. The minimum atomic E-state index is -0.477. The molecule has 0 N–H and O–H groups in total. The Morgan fingerprint density at radius 2 is 1.90 bits per heavy atom. The Bertz CT molecular complexity index is 1160. The second kappa shape index (κ2) is 9.43. The highest BCUT2D eigenvalue weighted by Crippen LogP contribution is 2.27. The Hall–Kier alpha value is -3.67. The van der Waals surface area contributed by atoms with E-state index in [1.54, 1.807) is 6.08 Å². The molecule has 1 aromatic heterocycles. The summed E-state index contributed by atoms with van der Waals surface area (Å²) in [6.07, 6.45) is 5.91. The van der Waals surface area contributed by atoms with Gasteiger partial charge in [0.15, 0.2) is 0 Å². The van der Waals surface area contributed by atoms with Gasteiger partial charge < -0.3 is 14.1 Å². The first-order valence-electron chi connectivity index (χ1n) is 10.5. The SMILES string of the molecule is CCCCOC(=O)CCn1cc(/C=C2/C(=O)ON=C2c2ccccc2)c2ccccc21. The molecule has 1 aliphatic heterocycles. The zero-order chi connectivity index (χ0) is 21.6. The molecule has 0 aliphatic carbocycles. The number of fused-ring (bicyclic) bond motifs is 1. The molecular formula is C25H24N2O4. The summed E-state index contributed by atoms with van der Waals surface area (Å²) in [6, 6.07) is 17.4. The smallest absolute Gasteiger partial charge is 0.368 e. The average molecular weight is 416 g/mol. The van der Waals surface area contributed by atoms with E-state index in [1.165, 1.54) is 0 Å². The van der Waals surface area contributed by atoms with Gasteiger partial charge in [-0.2, -0.15) is 0 Å². The molecule has 0 atom stereocenters. The van der Waals surface area contributed by atoms with E-state index in [-0.39, 0.29) is 12.4 Å². The summed E-state index contributed by atoms with van der Waals surface area (Å²) >= 11 is 0. The molecule has 0 saturated carbocycles. The fourth-order valence-electron chi connectivity index (χ4n) is 3.56. The summed E-state index contributed by atoms with van der Waals surface area (Å²) < 4.78 is 7.28. The van der Waals surface area contributed by atoms with E-state index in [0.29, 0.717) is 24.4 Å². The lowest BCUT2D eigenvalue weighted by Crippen LogP contribution is -2.09. The molecule has 0 radical (unpaired) electrons. The number of rotatable bonds is 8. The molecule has 31 heavy (non-hydrogen) atoms. The molecule has 3 aromatic rings. The van der Waals surface area contributed by atoms with E-state index in [2.05, 4.69) is 12.1 Å². The van der Waals surface area contributed by atoms with Gasteiger partial charge in [-0.1, -0.05) is 67.0 Å². The van der Waals surface area contributed by atoms with Gasteiger partial charge in [0.1, 0.15) is 5.71 Å². The minimum Gasteiger partial charge on any atom is -0.466 e. The number of para-hydroxylation sites is 1. The van der Waals surface area contributed by atoms with Crippen molar-refractivity contribution in [2.75, 3.05) is 6.61 Å². The van der Waals surface area contributed by atoms with Crippen molar-refractivity contribution >= 4 is 34.6 Å². The Labute approximate surface area is 180 Å². The van der Waals surface area contributed by atoms with Gasteiger partial charge in [0.05, 0.1) is 18.6 Å². The summed E-state index contributed by atoms with van der Waals surface area (Å²) in [5, 5.41) is 4.96. The number of hydrogen-bond donors (Lipinski definition) is 0. The van der Waals surface area contributed by atoms with Crippen molar-refractivity contribution in [1.29, 1.82) is 0 Å². The van der Waals surface area contributed by atoms with E-state index in [9.17, 15) is 9.59 Å². The molecule has 0 saturated heterocycles. The molecule has 1 aliphatic rings. The molecule has 6 heteroatoms. The highest BCUT2D eigenvalue weighted by Gasteiger charge is 2.27. The average Bonchev–Trinajstić information content (AvgIpc) is 3.34. The predicted octanol–water partition coefficient (Wildman–Crippen LogP) is 4.72. The quantitative estimate of drug-likeness (QED) is 0.231. The molecule has 2 aromatic carbocycles. The Morgan fingerprint density at radius 3 is 2.71 bits per heavy atom. The topological polar surface area (TPSA) is 69.9 Å². The first kappa shape index (κ1) is 20.6. The molecule has 4 rings (SSSR count). The van der Waals surface area contributed by atoms with Crippen LogP contribution >= 0.6 is 0 Å². The summed E-state index contributed by atoms with van der Waals surface area (Å²) in [6.45, 7) is 3.02. The van der Waals surface area contributed by atoms with Crippen molar-refractivity contribution < 1.29 is 19.2 Å². The van der Waals surface area contributed by atoms with Gasteiger partial charge in [0.25, 0.3) is 0 Å². The number of esters is 1. The number of carbonyl (C=O) groups is 2. The molecule has 0 unspecified atom stereocenters. The van der Waals surface area contributed by atoms with Gasteiger partial charge in [0.2, 0.25) is 0 Å². The number of carbonyl (C=O) groups excluding carboxylic acids is 2. The number of unbranched alkanes of at least 4 members (excludes halogenated alkanes) is 1. The number of benzene rings is 2. The van der Waals surface area contributed by atoms with E-state index in [0.717, 1.165) is 34.9 Å². The summed E-state index contributed by atoms with van der Waals surface area (Å²) in [4.78, 5) is 29.4. The third-order valence-corrected chi connectivity index (χ3v) is 5.18. The van der Waals surface area contributed by atoms with E-state index in [1.807, 2.05) is 65.4 Å². The van der Waals surface area contributed by atoms with Crippen LogP contribution in [0.25, 0.3) is 17.0 Å². The third kappa shape index (κ3) is 4.58. The molecule has 2 heterocycles. The lowest BCUT2D eigenvalue weighted by molar-refractivity contribution is -0.144. The van der Waals surface area contributed by atoms with Crippen molar-refractivity contribution in [2.45, 2.75) is 32.7 Å². The van der Waals surface area contributed by atoms with Crippen LogP contribution in [0.5, 0.6) is 0 Å². The molecule has 0 amide bonds. The van der Waals surface area contributed by atoms with Crippen LogP contribution in [0, 0.1) is 0 Å². The minimum absolute atomic E-state index is 0.205. The Kier molecular flexibility index (Phi) is 6.26. The fourth-order valence-corrected chi connectivity index (χ4v) is 3.56. The molecule has 0 bridgehead atoms. The van der Waals surface area contributed by atoms with Crippen LogP contribution in [0.2, 0.25) is 0 Å². The van der Waals surface area contributed by atoms with Gasteiger partial charge in [0, 0.05) is 34.8 Å². The van der Waals surface area contributed by atoms with Crippen LogP contribution in [0.3, 0.4) is 0 Å². The largest absolute Gasteiger partial charge is 0.466 e. The molecular weight excluding hydrogens is 392 g/mol. The van der Waals surface area contributed by atoms with Crippen LogP contribution < -0.4 is 0 Å². The lowest BCUT2D eigenvalue weighted by Gasteiger charge is -2.06. The summed E-state index contributed by atoms with van der Waals surface area (Å²) in [7, 11) is 0. The maximum atomic E-state index is 12.4. The molecule has 0 spiro atoms. The number of aromatic nitrogens is 1. The number of nitrogens with zero attached hydrogens (tertiary/aromatic N) is 2. The number of ether oxygens (including phenoxy) is 1. The maximum Gasteiger partial charge on any atom is 0.368 e. The van der Waals surface area contributed by atoms with Crippen LogP contribution in [-0.4, -0.2) is 28.8 Å². The van der Waals surface area contributed by atoms with E-state index in [4.69, 9.17) is 9.57 Å². The normalized spacial score (nSPS) is 14.7. The standard InChI is InChI=1S/C25H24N2O4/c1-2-3-15-30-23(28)13-14-27-17-19(20-11-7-8-12-22(20)27)16-21-24(26-31-25(21)29)18-9-5-4-6-10-18/h4-12,16-17H,2-3,13-15H2,1H3/b21-16+. The van der Waals surface area contributed by atoms with Crippen LogP contribution in [-0.2, 0) is 25.7 Å².